The third-order valence-corrected chi connectivity index (χ3v) is 2.97. The van der Waals surface area contributed by atoms with E-state index >= 15 is 0 Å². The molecule has 0 N–H and O–H groups in total. The Morgan fingerprint density at radius 3 is 2.65 bits per heavy atom. The summed E-state index contributed by atoms with van der Waals surface area (Å²) in [5.74, 6) is 1.000. The minimum Gasteiger partial charge on any atom is -0.435 e. The maximum atomic E-state index is 5.82. The molecule has 0 fully saturated rings. The molecule has 0 radical (unpaired) electrons. The predicted octanol–water partition coefficient (Wildman–Crippen LogP) is 3.11. The Morgan fingerprint density at radius 2 is 1.82 bits per heavy atom. The lowest BCUT2D eigenvalue weighted by Gasteiger charge is -2.15. The van der Waals surface area contributed by atoms with Gasteiger partial charge in [-0.05, 0) is 18.6 Å². The van der Waals surface area contributed by atoms with Crippen LogP contribution < -0.4 is 4.74 Å². The number of ether oxygens (including phenoxy) is 1. The first kappa shape index (κ1) is 10.1. The van der Waals surface area contributed by atoms with Gasteiger partial charge in [0.1, 0.15) is 5.75 Å². The van der Waals surface area contributed by atoms with Crippen LogP contribution in [0.15, 0.2) is 48.5 Å². The highest BCUT2D eigenvalue weighted by molar-refractivity contribution is 5.82. The number of nitrogens with zero attached hydrogens (tertiary/aromatic N) is 1. The lowest BCUT2D eigenvalue weighted by Crippen LogP contribution is -2.21. The summed E-state index contributed by atoms with van der Waals surface area (Å²) in [5.41, 5.74) is 3.48. The molecular formula is C15H14NO+. The summed E-state index contributed by atoms with van der Waals surface area (Å²) in [6, 6.07) is 16.5. The monoisotopic (exact) mass is 224 g/mol. The van der Waals surface area contributed by atoms with E-state index in [9.17, 15) is 0 Å². The molecule has 0 saturated carbocycles. The van der Waals surface area contributed by atoms with Crippen molar-refractivity contribution in [2.24, 2.45) is 0 Å². The molecule has 0 amide bonds. The van der Waals surface area contributed by atoms with Gasteiger partial charge in [-0.15, -0.1) is 0 Å². The van der Waals surface area contributed by atoms with Gasteiger partial charge in [0.2, 0.25) is 5.69 Å². The molecule has 2 nitrogen and oxygen atoms in total. The molecule has 3 rings (SSSR count). The number of fused-ring (bicyclic) bond motifs is 1. The van der Waals surface area contributed by atoms with Crippen molar-refractivity contribution >= 4 is 11.9 Å². The van der Waals surface area contributed by atoms with E-state index in [0.29, 0.717) is 6.73 Å². The molecule has 1 heterocycles. The van der Waals surface area contributed by atoms with Crippen LogP contribution in [-0.4, -0.2) is 17.5 Å². The molecule has 0 saturated heterocycles. The lowest BCUT2D eigenvalue weighted by molar-refractivity contribution is -0.476. The first-order valence-electron chi connectivity index (χ1n) is 5.73. The van der Waals surface area contributed by atoms with Crippen molar-refractivity contribution in [2.45, 2.75) is 6.92 Å². The summed E-state index contributed by atoms with van der Waals surface area (Å²) in [7, 11) is 0. The summed E-state index contributed by atoms with van der Waals surface area (Å²) in [6.07, 6.45) is 2.14. The fourth-order valence-electron chi connectivity index (χ4n) is 2.08. The van der Waals surface area contributed by atoms with Crippen LogP contribution in [0.5, 0.6) is 5.75 Å². The van der Waals surface area contributed by atoms with E-state index in [4.69, 9.17) is 4.74 Å². The SMILES string of the molecule is Cc1cccc2c1OC[N+](c1ccccc1)=C2. The van der Waals surface area contributed by atoms with Crippen molar-refractivity contribution in [3.05, 3.63) is 59.7 Å². The molecule has 2 aromatic rings. The first-order chi connectivity index (χ1) is 8.34. The van der Waals surface area contributed by atoms with Crippen LogP contribution >= 0.6 is 0 Å². The molecule has 0 spiro atoms. The van der Waals surface area contributed by atoms with E-state index in [1.54, 1.807) is 0 Å². The molecule has 0 unspecified atom stereocenters. The normalized spacial score (nSPS) is 13.6. The molecule has 0 aromatic heterocycles. The second kappa shape index (κ2) is 4.06. The van der Waals surface area contributed by atoms with Crippen LogP contribution in [0.4, 0.5) is 5.69 Å². The average Bonchev–Trinajstić information content (AvgIpc) is 2.40. The topological polar surface area (TPSA) is 12.2 Å². The summed E-state index contributed by atoms with van der Waals surface area (Å²) < 4.78 is 7.93. The van der Waals surface area contributed by atoms with Crippen molar-refractivity contribution in [1.82, 2.24) is 0 Å². The number of hydrogen-bond acceptors (Lipinski definition) is 1. The third-order valence-electron chi connectivity index (χ3n) is 2.97. The molecule has 2 heteroatoms. The molecule has 1 aliphatic heterocycles. The van der Waals surface area contributed by atoms with Gasteiger partial charge in [-0.25, -0.2) is 0 Å². The Morgan fingerprint density at radius 1 is 1.00 bits per heavy atom. The summed E-state index contributed by atoms with van der Waals surface area (Å²) in [5, 5.41) is 0. The second-order valence-corrected chi connectivity index (χ2v) is 4.20. The highest BCUT2D eigenvalue weighted by atomic mass is 16.5. The van der Waals surface area contributed by atoms with Gasteiger partial charge in [0.25, 0.3) is 6.73 Å². The number of aryl methyl sites for hydroxylation is 1. The summed E-state index contributed by atoms with van der Waals surface area (Å²) in [6.45, 7) is 2.65. The molecular weight excluding hydrogens is 210 g/mol. The maximum Gasteiger partial charge on any atom is 0.292 e. The minimum atomic E-state index is 0.571. The fourth-order valence-corrected chi connectivity index (χ4v) is 2.08. The van der Waals surface area contributed by atoms with Crippen LogP contribution in [-0.2, 0) is 0 Å². The molecule has 84 valence electrons. The zero-order valence-electron chi connectivity index (χ0n) is 9.76. The predicted molar refractivity (Wildman–Crippen MR) is 68.2 cm³/mol. The van der Waals surface area contributed by atoms with Crippen molar-refractivity contribution in [3.63, 3.8) is 0 Å². The van der Waals surface area contributed by atoms with E-state index in [0.717, 1.165) is 17.0 Å². The van der Waals surface area contributed by atoms with Gasteiger partial charge in [-0.2, -0.15) is 4.58 Å². The lowest BCUT2D eigenvalue weighted by atomic mass is 10.1. The number of benzene rings is 2. The molecule has 17 heavy (non-hydrogen) atoms. The van der Waals surface area contributed by atoms with Gasteiger partial charge < -0.3 is 4.74 Å². The van der Waals surface area contributed by atoms with Crippen LogP contribution in [0.3, 0.4) is 0 Å². The molecule has 0 bridgehead atoms. The molecule has 1 aliphatic rings. The Hall–Kier alpha value is -2.09. The van der Waals surface area contributed by atoms with Gasteiger partial charge >= 0.3 is 0 Å². The average molecular weight is 224 g/mol. The fraction of sp³-hybridized carbons (Fsp3) is 0.133. The van der Waals surface area contributed by atoms with Gasteiger partial charge in [0.05, 0.1) is 5.56 Å². The smallest absolute Gasteiger partial charge is 0.292 e. The summed E-state index contributed by atoms with van der Waals surface area (Å²) >= 11 is 0. The van der Waals surface area contributed by atoms with Gasteiger partial charge in [-0.1, -0.05) is 30.3 Å². The zero-order valence-corrected chi connectivity index (χ0v) is 9.76. The van der Waals surface area contributed by atoms with Crippen molar-refractivity contribution in [1.29, 1.82) is 0 Å². The number of para-hydroxylation sites is 2. The van der Waals surface area contributed by atoms with E-state index in [2.05, 4.69) is 48.0 Å². The minimum absolute atomic E-state index is 0.571. The number of rotatable bonds is 1. The Labute approximate surface area is 101 Å². The van der Waals surface area contributed by atoms with Crippen LogP contribution in [0.2, 0.25) is 0 Å². The largest absolute Gasteiger partial charge is 0.435 e. The van der Waals surface area contributed by atoms with Crippen molar-refractivity contribution in [3.8, 4) is 5.75 Å². The Balaban J connectivity index is 2.07. The van der Waals surface area contributed by atoms with E-state index in [1.807, 2.05) is 18.2 Å². The van der Waals surface area contributed by atoms with E-state index in [1.165, 1.54) is 5.56 Å². The Bertz CT molecular complexity index is 573. The summed E-state index contributed by atoms with van der Waals surface area (Å²) in [4.78, 5) is 0. The van der Waals surface area contributed by atoms with E-state index in [-0.39, 0.29) is 0 Å². The number of hydrogen-bond donors (Lipinski definition) is 0. The maximum absolute atomic E-state index is 5.82. The van der Waals surface area contributed by atoms with Crippen LogP contribution in [0.25, 0.3) is 0 Å². The zero-order chi connectivity index (χ0) is 11.7. The first-order valence-corrected chi connectivity index (χ1v) is 5.73. The van der Waals surface area contributed by atoms with E-state index < -0.39 is 0 Å². The van der Waals surface area contributed by atoms with Gasteiger partial charge in [0, 0.05) is 12.1 Å². The quantitative estimate of drug-likeness (QED) is 0.678. The third kappa shape index (κ3) is 1.82. The van der Waals surface area contributed by atoms with Crippen molar-refractivity contribution < 1.29 is 9.31 Å². The van der Waals surface area contributed by atoms with Gasteiger partial charge in [-0.3, -0.25) is 0 Å². The van der Waals surface area contributed by atoms with Gasteiger partial charge in [0.15, 0.2) is 6.21 Å². The standard InChI is InChI=1S/C15H14NO/c1-12-6-5-7-13-10-16(11-17-15(12)13)14-8-3-2-4-9-14/h2-10H,11H2,1H3/q+1. The highest BCUT2D eigenvalue weighted by Gasteiger charge is 2.19. The molecule has 0 atom stereocenters. The second-order valence-electron chi connectivity index (χ2n) is 4.20. The molecule has 2 aromatic carbocycles. The Kier molecular flexibility index (Phi) is 2.41. The van der Waals surface area contributed by atoms with Crippen LogP contribution in [0.1, 0.15) is 11.1 Å². The highest BCUT2D eigenvalue weighted by Crippen LogP contribution is 2.26. The van der Waals surface area contributed by atoms with Crippen molar-refractivity contribution in [2.75, 3.05) is 6.73 Å². The molecule has 0 aliphatic carbocycles. The van der Waals surface area contributed by atoms with Crippen LogP contribution in [0, 0.1) is 6.92 Å².